The predicted molar refractivity (Wildman–Crippen MR) is 308 cm³/mol. The van der Waals surface area contributed by atoms with Crippen LogP contribution in [0.4, 0.5) is 34.1 Å². The van der Waals surface area contributed by atoms with Crippen molar-refractivity contribution in [2.75, 3.05) is 9.80 Å². The Morgan fingerprint density at radius 2 is 0.726 bits per heavy atom. The van der Waals surface area contributed by atoms with E-state index in [0.717, 1.165) is 34.1 Å². The van der Waals surface area contributed by atoms with Crippen molar-refractivity contribution in [3.05, 3.63) is 288 Å². The Kier molecular flexibility index (Phi) is 9.12. The van der Waals surface area contributed by atoms with Crippen LogP contribution in [0.2, 0.25) is 0 Å². The highest BCUT2D eigenvalue weighted by Crippen LogP contribution is 2.64. The number of benzene rings is 11. The van der Waals surface area contributed by atoms with Crippen molar-refractivity contribution in [1.82, 2.24) is 0 Å². The first-order valence-corrected chi connectivity index (χ1v) is 26.2. The van der Waals surface area contributed by atoms with Gasteiger partial charge in [0.2, 0.25) is 0 Å². The van der Waals surface area contributed by atoms with E-state index in [1.165, 1.54) is 98.1 Å². The van der Waals surface area contributed by atoms with Gasteiger partial charge in [-0.25, -0.2) is 0 Å². The molecular formula is C70H48N2S. The Labute approximate surface area is 430 Å². The molecule has 0 bridgehead atoms. The standard InChI is InChI=1S/C70H48N2S/c1-69(2)60-28-14-9-24-52(60)55-37-34-48(41-63(55)69)72(66-31-17-12-23-51(66)45-19-5-3-6-20-45)49-35-39-57-54-26-11-16-30-62(54)70(65(57)43-49)61-29-15-10-25-53(61)56-38-33-47(42-64(56)70)71(46-21-7-4-8-22-46)50-36-40-59-58-27-13-18-32-67(58)73-68(59)44-50/h3-44H,1-2H3. The summed E-state index contributed by atoms with van der Waals surface area (Å²) in [7, 11) is 0. The summed E-state index contributed by atoms with van der Waals surface area (Å²) in [5.41, 5.74) is 24.0. The van der Waals surface area contributed by atoms with Crippen LogP contribution in [0.5, 0.6) is 0 Å². The zero-order valence-electron chi connectivity index (χ0n) is 40.6. The smallest absolute Gasteiger partial charge is 0.0727 e. The van der Waals surface area contributed by atoms with Crippen molar-refractivity contribution in [1.29, 1.82) is 0 Å². The lowest BCUT2D eigenvalue weighted by molar-refractivity contribution is 0.660. The van der Waals surface area contributed by atoms with Gasteiger partial charge < -0.3 is 9.80 Å². The molecule has 0 radical (unpaired) electrons. The van der Waals surface area contributed by atoms with E-state index in [9.17, 15) is 0 Å². The van der Waals surface area contributed by atoms with Crippen LogP contribution in [0.15, 0.2) is 255 Å². The van der Waals surface area contributed by atoms with E-state index in [-0.39, 0.29) is 5.41 Å². The maximum atomic E-state index is 2.53. The molecule has 1 unspecified atom stereocenters. The van der Waals surface area contributed by atoms with Gasteiger partial charge in [-0.1, -0.05) is 196 Å². The second kappa shape index (κ2) is 15.9. The van der Waals surface area contributed by atoms with Crippen molar-refractivity contribution in [2.45, 2.75) is 24.7 Å². The van der Waals surface area contributed by atoms with Crippen molar-refractivity contribution in [3.8, 4) is 44.5 Å². The van der Waals surface area contributed by atoms with E-state index in [1.807, 2.05) is 11.3 Å². The van der Waals surface area contributed by atoms with E-state index in [1.54, 1.807) is 0 Å². The molecule has 1 aromatic heterocycles. The summed E-state index contributed by atoms with van der Waals surface area (Å²) < 4.78 is 2.59. The second-order valence-corrected chi connectivity index (χ2v) is 21.5. The molecule has 15 rings (SSSR count). The van der Waals surface area contributed by atoms with Gasteiger partial charge in [0.25, 0.3) is 0 Å². The van der Waals surface area contributed by atoms with Crippen LogP contribution in [0.25, 0.3) is 64.7 Å². The summed E-state index contributed by atoms with van der Waals surface area (Å²) in [6.45, 7) is 4.76. The number of fused-ring (bicyclic) bond motifs is 16. The van der Waals surface area contributed by atoms with Crippen molar-refractivity contribution in [2.24, 2.45) is 0 Å². The summed E-state index contributed by atoms with van der Waals surface area (Å²) in [6, 6.07) is 95.5. The monoisotopic (exact) mass is 948 g/mol. The molecule has 3 heteroatoms. The van der Waals surface area contributed by atoms with E-state index < -0.39 is 5.41 Å². The minimum atomic E-state index is -0.603. The van der Waals surface area contributed by atoms with Gasteiger partial charge in [0.15, 0.2) is 0 Å². The third-order valence-electron chi connectivity index (χ3n) is 16.3. The molecule has 0 amide bonds. The summed E-state index contributed by atoms with van der Waals surface area (Å²) in [5, 5.41) is 2.60. The molecule has 1 spiro atoms. The summed E-state index contributed by atoms with van der Waals surface area (Å²) in [4.78, 5) is 4.98. The van der Waals surface area contributed by atoms with E-state index >= 15 is 0 Å². The van der Waals surface area contributed by atoms with Crippen LogP contribution in [0.3, 0.4) is 0 Å². The van der Waals surface area contributed by atoms with Gasteiger partial charge in [0.05, 0.1) is 11.1 Å². The van der Waals surface area contributed by atoms with Crippen LogP contribution in [-0.4, -0.2) is 0 Å². The van der Waals surface area contributed by atoms with E-state index in [0.29, 0.717) is 0 Å². The highest BCUT2D eigenvalue weighted by Gasteiger charge is 2.52. The third kappa shape index (κ3) is 6.04. The first-order chi connectivity index (χ1) is 36.0. The Hall–Kier alpha value is -8.76. The van der Waals surface area contributed by atoms with Crippen LogP contribution >= 0.6 is 11.3 Å². The van der Waals surface area contributed by atoms with Crippen LogP contribution in [0.1, 0.15) is 47.2 Å². The molecule has 12 aromatic rings. The molecule has 1 heterocycles. The lowest BCUT2D eigenvalue weighted by atomic mass is 9.70. The Morgan fingerprint density at radius 1 is 0.288 bits per heavy atom. The van der Waals surface area contributed by atoms with Crippen LogP contribution < -0.4 is 9.80 Å². The zero-order chi connectivity index (χ0) is 48.4. The molecule has 0 fully saturated rings. The van der Waals surface area contributed by atoms with Gasteiger partial charge in [0.1, 0.15) is 0 Å². The molecule has 0 saturated heterocycles. The molecule has 3 aliphatic rings. The topological polar surface area (TPSA) is 6.48 Å². The number of para-hydroxylation sites is 2. The number of anilines is 6. The maximum absolute atomic E-state index is 2.53. The number of nitrogens with zero attached hydrogens (tertiary/aromatic N) is 2. The van der Waals surface area contributed by atoms with Gasteiger partial charge >= 0.3 is 0 Å². The number of hydrogen-bond donors (Lipinski definition) is 0. The zero-order valence-corrected chi connectivity index (χ0v) is 41.4. The van der Waals surface area contributed by atoms with Gasteiger partial charge in [-0.15, -0.1) is 11.3 Å². The molecular weight excluding hydrogens is 901 g/mol. The minimum absolute atomic E-state index is 0.164. The molecule has 0 saturated carbocycles. The fourth-order valence-electron chi connectivity index (χ4n) is 13.1. The summed E-state index contributed by atoms with van der Waals surface area (Å²) in [6.07, 6.45) is 0. The van der Waals surface area contributed by atoms with Gasteiger partial charge in [-0.3, -0.25) is 0 Å². The number of hydrogen-bond acceptors (Lipinski definition) is 3. The fourth-order valence-corrected chi connectivity index (χ4v) is 14.2. The molecule has 11 aromatic carbocycles. The first-order valence-electron chi connectivity index (χ1n) is 25.4. The lowest BCUT2D eigenvalue weighted by Gasteiger charge is -2.34. The quantitative estimate of drug-likeness (QED) is 0.157. The molecule has 0 N–H and O–H groups in total. The third-order valence-corrected chi connectivity index (χ3v) is 17.4. The SMILES string of the molecule is CC1(C)c2ccccc2-c2ccc(N(c3ccc4c(c3)C3(c5ccccc5-c5ccc(N(c6ccccc6)c6ccc7c(c6)sc6ccccc67)cc53)c3ccccc3-4)c3ccccc3-c3ccccc3)cc21. The molecule has 344 valence electrons. The van der Waals surface area contributed by atoms with Gasteiger partial charge in [-0.2, -0.15) is 0 Å². The summed E-state index contributed by atoms with van der Waals surface area (Å²) in [5.74, 6) is 0. The highest BCUT2D eigenvalue weighted by molar-refractivity contribution is 7.25. The highest BCUT2D eigenvalue weighted by atomic mass is 32.1. The molecule has 73 heavy (non-hydrogen) atoms. The first kappa shape index (κ1) is 42.0. The number of rotatable bonds is 7. The predicted octanol–water partition coefficient (Wildman–Crippen LogP) is 19.3. The fraction of sp³-hybridized carbons (Fsp3) is 0.0571. The average Bonchev–Trinajstić information content (AvgIpc) is 4.17. The molecule has 2 nitrogen and oxygen atoms in total. The van der Waals surface area contributed by atoms with Crippen molar-refractivity contribution >= 4 is 65.6 Å². The minimum Gasteiger partial charge on any atom is -0.310 e. The molecule has 0 aliphatic heterocycles. The van der Waals surface area contributed by atoms with Crippen molar-refractivity contribution < 1.29 is 0 Å². The van der Waals surface area contributed by atoms with Crippen LogP contribution in [0, 0.1) is 0 Å². The van der Waals surface area contributed by atoms with Crippen molar-refractivity contribution in [3.63, 3.8) is 0 Å². The largest absolute Gasteiger partial charge is 0.310 e. The Bertz CT molecular complexity index is 4190. The Balaban J connectivity index is 0.972. The lowest BCUT2D eigenvalue weighted by Crippen LogP contribution is -2.26. The Morgan fingerprint density at radius 3 is 1.38 bits per heavy atom. The van der Waals surface area contributed by atoms with E-state index in [4.69, 9.17) is 0 Å². The summed E-state index contributed by atoms with van der Waals surface area (Å²) >= 11 is 1.87. The average molecular weight is 949 g/mol. The van der Waals surface area contributed by atoms with Gasteiger partial charge in [-0.05, 0) is 145 Å². The number of thiophene rings is 1. The van der Waals surface area contributed by atoms with Gasteiger partial charge in [0, 0.05) is 59.6 Å². The molecule has 1 atom stereocenters. The maximum Gasteiger partial charge on any atom is 0.0727 e. The second-order valence-electron chi connectivity index (χ2n) is 20.4. The van der Waals surface area contributed by atoms with E-state index in [2.05, 4.69) is 278 Å². The normalized spacial score (nSPS) is 15.2. The molecule has 3 aliphatic carbocycles. The van der Waals surface area contributed by atoms with Crippen LogP contribution in [-0.2, 0) is 10.8 Å².